The summed E-state index contributed by atoms with van der Waals surface area (Å²) >= 11 is 4.86. The zero-order chi connectivity index (χ0) is 20.2. The molecular weight excluding hydrogens is 463 g/mol. The molecule has 1 heterocycles. The Kier molecular flexibility index (Phi) is 7.90. The zero-order valence-electron chi connectivity index (χ0n) is 13.3. The minimum atomic E-state index is -6.79. The summed E-state index contributed by atoms with van der Waals surface area (Å²) in [6, 6.07) is 1.91. The van der Waals surface area contributed by atoms with E-state index in [0.29, 0.717) is 19.3 Å². The van der Waals surface area contributed by atoms with Crippen LogP contribution in [0.25, 0.3) is 0 Å². The Hall–Kier alpha value is -0.450. The van der Waals surface area contributed by atoms with E-state index in [1.54, 1.807) is 0 Å². The molecule has 0 fully saturated rings. The maximum absolute atomic E-state index is 13.3. The third-order valence-electron chi connectivity index (χ3n) is 3.84. The van der Waals surface area contributed by atoms with Crippen LogP contribution in [-0.2, 0) is 6.42 Å². The van der Waals surface area contributed by atoms with Crippen molar-refractivity contribution in [3.63, 3.8) is 0 Å². The molecule has 0 aliphatic rings. The molecule has 0 bridgehead atoms. The molecule has 11 heteroatoms. The van der Waals surface area contributed by atoms with Gasteiger partial charge >= 0.3 is 23.9 Å². The highest BCUT2D eigenvalue weighted by Gasteiger charge is 2.81. The topological polar surface area (TPSA) is 0 Å². The number of rotatable bonds is 10. The number of halogens is 10. The lowest BCUT2D eigenvalue weighted by molar-refractivity contribution is -0.396. The summed E-state index contributed by atoms with van der Waals surface area (Å²) in [7, 11) is 0. The summed E-state index contributed by atoms with van der Waals surface area (Å²) in [6.07, 6.45) is -6.59. The normalized spacial score (nSPS) is 14.1. The molecule has 0 radical (unpaired) electrons. The van der Waals surface area contributed by atoms with Crippen molar-refractivity contribution >= 4 is 27.3 Å². The van der Waals surface area contributed by atoms with Crippen LogP contribution in [0.3, 0.4) is 0 Å². The molecule has 0 amide bonds. The second kappa shape index (κ2) is 8.70. The highest BCUT2D eigenvalue weighted by atomic mass is 79.9. The van der Waals surface area contributed by atoms with Gasteiger partial charge in [-0.3, -0.25) is 0 Å². The Morgan fingerprint density at radius 3 is 1.81 bits per heavy atom. The predicted octanol–water partition coefficient (Wildman–Crippen LogP) is 7.86. The fraction of sp³-hybridized carbons (Fsp3) is 0.733. The van der Waals surface area contributed by atoms with Crippen LogP contribution >= 0.6 is 27.3 Å². The molecule has 0 saturated carbocycles. The number of alkyl halides is 9. The van der Waals surface area contributed by atoms with E-state index in [0.717, 1.165) is 15.8 Å². The van der Waals surface area contributed by atoms with Gasteiger partial charge in [0.05, 0.1) is 3.79 Å². The average Bonchev–Trinajstić information content (AvgIpc) is 2.90. The summed E-state index contributed by atoms with van der Waals surface area (Å²) in [6.45, 7) is 0. The van der Waals surface area contributed by atoms with Gasteiger partial charge < -0.3 is 0 Å². The van der Waals surface area contributed by atoms with Crippen LogP contribution in [0, 0.1) is 0 Å². The fourth-order valence-electron chi connectivity index (χ4n) is 2.26. The second-order valence-corrected chi connectivity index (χ2v) is 8.07. The average molecular weight is 479 g/mol. The number of unbranched alkanes of at least 4 members (excludes halogenated alkanes) is 4. The molecule has 0 saturated heterocycles. The van der Waals surface area contributed by atoms with Gasteiger partial charge in [0.1, 0.15) is 0 Å². The van der Waals surface area contributed by atoms with Crippen molar-refractivity contribution in [1.82, 2.24) is 0 Å². The molecule has 152 valence electrons. The Morgan fingerprint density at radius 1 is 0.769 bits per heavy atom. The summed E-state index contributed by atoms with van der Waals surface area (Å²) in [5.74, 6) is -18.7. The van der Waals surface area contributed by atoms with Crippen molar-refractivity contribution in [1.29, 1.82) is 0 Å². The SMILES string of the molecule is FC(F)(F)C(F)(F)C(F)(F)C(F)(F)CCCCCCCc1ccsc1Br. The zero-order valence-corrected chi connectivity index (χ0v) is 15.7. The molecule has 0 aliphatic carbocycles. The van der Waals surface area contributed by atoms with Gasteiger partial charge in [0.15, 0.2) is 0 Å². The summed E-state index contributed by atoms with van der Waals surface area (Å²) in [4.78, 5) is 0. The van der Waals surface area contributed by atoms with Gasteiger partial charge in [-0.15, -0.1) is 11.3 Å². The van der Waals surface area contributed by atoms with Crippen molar-refractivity contribution in [3.05, 3.63) is 20.8 Å². The Balaban J connectivity index is 2.39. The van der Waals surface area contributed by atoms with Crippen LogP contribution < -0.4 is 0 Å². The molecule has 0 aromatic carbocycles. The monoisotopic (exact) mass is 478 g/mol. The van der Waals surface area contributed by atoms with E-state index in [1.807, 2.05) is 11.4 Å². The molecule has 0 nitrogen and oxygen atoms in total. The molecule has 0 aliphatic heterocycles. The maximum atomic E-state index is 13.3. The lowest BCUT2D eigenvalue weighted by Crippen LogP contribution is -2.60. The van der Waals surface area contributed by atoms with Gasteiger partial charge in [0.2, 0.25) is 0 Å². The Morgan fingerprint density at radius 2 is 1.31 bits per heavy atom. The minimum absolute atomic E-state index is 0.0358. The van der Waals surface area contributed by atoms with Crippen LogP contribution in [0.2, 0.25) is 0 Å². The summed E-state index contributed by atoms with van der Waals surface area (Å²) < 4.78 is 115. The smallest absolute Gasteiger partial charge is 0.200 e. The standard InChI is InChI=1S/C15H16BrF9S/c16-11-10(7-9-26-11)6-4-2-1-3-5-8-12(17,18)13(19,20)14(21,22)15(23,24)25/h7,9H,1-6,8H2. The maximum Gasteiger partial charge on any atom is 0.460 e. The van der Waals surface area contributed by atoms with E-state index in [4.69, 9.17) is 0 Å². The molecule has 26 heavy (non-hydrogen) atoms. The van der Waals surface area contributed by atoms with Crippen molar-refractivity contribution in [3.8, 4) is 0 Å². The van der Waals surface area contributed by atoms with Crippen LogP contribution in [0.5, 0.6) is 0 Å². The lowest BCUT2D eigenvalue weighted by atomic mass is 9.97. The van der Waals surface area contributed by atoms with E-state index >= 15 is 0 Å². The Bertz CT molecular complexity index is 566. The van der Waals surface area contributed by atoms with Crippen molar-refractivity contribution < 1.29 is 39.5 Å². The number of hydrogen-bond donors (Lipinski definition) is 0. The molecular formula is C15H16BrF9S. The van der Waals surface area contributed by atoms with Crippen molar-refractivity contribution in [2.45, 2.75) is 68.9 Å². The molecule has 0 unspecified atom stereocenters. The highest BCUT2D eigenvalue weighted by Crippen LogP contribution is 2.54. The number of hydrogen-bond acceptors (Lipinski definition) is 1. The number of aryl methyl sites for hydroxylation is 1. The van der Waals surface area contributed by atoms with Crippen LogP contribution in [-0.4, -0.2) is 23.9 Å². The first-order valence-electron chi connectivity index (χ1n) is 7.66. The van der Waals surface area contributed by atoms with Crippen LogP contribution in [0.1, 0.15) is 44.1 Å². The van der Waals surface area contributed by atoms with Crippen LogP contribution in [0.15, 0.2) is 15.2 Å². The predicted molar refractivity (Wildman–Crippen MR) is 84.3 cm³/mol. The second-order valence-electron chi connectivity index (χ2n) is 5.84. The summed E-state index contributed by atoms with van der Waals surface area (Å²) in [5, 5.41) is 1.89. The molecule has 1 aromatic heterocycles. The first-order chi connectivity index (χ1) is 11.7. The van der Waals surface area contributed by atoms with Gasteiger partial charge in [0.25, 0.3) is 0 Å². The molecule has 1 rings (SSSR count). The molecule has 0 spiro atoms. The molecule has 0 atom stereocenters. The van der Waals surface area contributed by atoms with Gasteiger partial charge in [-0.05, 0) is 52.2 Å². The fourth-order valence-corrected chi connectivity index (χ4v) is 3.58. The minimum Gasteiger partial charge on any atom is -0.200 e. The quantitative estimate of drug-likeness (QED) is 0.237. The van der Waals surface area contributed by atoms with E-state index in [1.165, 1.54) is 11.3 Å². The Labute approximate surface area is 156 Å². The van der Waals surface area contributed by atoms with Gasteiger partial charge in [-0.2, -0.15) is 39.5 Å². The first-order valence-corrected chi connectivity index (χ1v) is 9.33. The largest absolute Gasteiger partial charge is 0.460 e. The van der Waals surface area contributed by atoms with Crippen LogP contribution in [0.4, 0.5) is 39.5 Å². The molecule has 1 aromatic rings. The van der Waals surface area contributed by atoms with E-state index in [-0.39, 0.29) is 6.42 Å². The highest BCUT2D eigenvalue weighted by molar-refractivity contribution is 9.11. The third-order valence-corrected chi connectivity index (χ3v) is 5.65. The van der Waals surface area contributed by atoms with E-state index in [9.17, 15) is 39.5 Å². The summed E-state index contributed by atoms with van der Waals surface area (Å²) in [5.41, 5.74) is 1.08. The van der Waals surface area contributed by atoms with Gasteiger partial charge in [-0.25, -0.2) is 0 Å². The van der Waals surface area contributed by atoms with Crippen molar-refractivity contribution in [2.24, 2.45) is 0 Å². The van der Waals surface area contributed by atoms with E-state index in [2.05, 4.69) is 15.9 Å². The first kappa shape index (κ1) is 23.6. The molecule has 0 N–H and O–H groups in total. The van der Waals surface area contributed by atoms with Crippen molar-refractivity contribution in [2.75, 3.05) is 0 Å². The lowest BCUT2D eigenvalue weighted by Gasteiger charge is -2.33. The van der Waals surface area contributed by atoms with Gasteiger partial charge in [0, 0.05) is 6.42 Å². The third kappa shape index (κ3) is 5.30. The van der Waals surface area contributed by atoms with E-state index < -0.39 is 36.8 Å². The van der Waals surface area contributed by atoms with Gasteiger partial charge in [-0.1, -0.05) is 19.3 Å². The number of thiophene rings is 1.